The molecule has 3 aromatic rings. The third kappa shape index (κ3) is 5.02. The first-order valence-electron chi connectivity index (χ1n) is 10.2. The van der Waals surface area contributed by atoms with Gasteiger partial charge in [-0.15, -0.1) is 0 Å². The van der Waals surface area contributed by atoms with Crippen LogP contribution in [-0.2, 0) is 17.8 Å². The summed E-state index contributed by atoms with van der Waals surface area (Å²) in [5.74, 6) is 0.894. The van der Waals surface area contributed by atoms with Crippen molar-refractivity contribution in [3.8, 4) is 11.4 Å². The molecule has 0 aliphatic heterocycles. The highest BCUT2D eigenvalue weighted by Gasteiger charge is 2.21. The number of nitrogens with zero attached hydrogens (tertiary/aromatic N) is 4. The van der Waals surface area contributed by atoms with Crippen LogP contribution in [-0.4, -0.2) is 40.0 Å². The zero-order chi connectivity index (χ0) is 22.4. The lowest BCUT2D eigenvalue weighted by Crippen LogP contribution is -2.39. The zero-order valence-corrected chi connectivity index (χ0v) is 18.1. The molecule has 0 saturated heterocycles. The molecule has 0 saturated carbocycles. The molecule has 0 fully saturated rings. The summed E-state index contributed by atoms with van der Waals surface area (Å²) in [6, 6.07) is 7.73. The molecule has 0 aliphatic rings. The van der Waals surface area contributed by atoms with Gasteiger partial charge < -0.3 is 19.9 Å². The molecule has 1 aromatic carbocycles. The van der Waals surface area contributed by atoms with Gasteiger partial charge in [0.2, 0.25) is 11.7 Å². The maximum absolute atomic E-state index is 12.7. The van der Waals surface area contributed by atoms with E-state index in [-0.39, 0.29) is 18.1 Å². The van der Waals surface area contributed by atoms with E-state index in [1.807, 2.05) is 38.1 Å². The first-order valence-corrected chi connectivity index (χ1v) is 10.2. The zero-order valence-electron chi connectivity index (χ0n) is 18.1. The summed E-state index contributed by atoms with van der Waals surface area (Å²) in [5, 5.41) is 4.07. The number of hydrogen-bond donors (Lipinski definition) is 2. The molecule has 10 nitrogen and oxygen atoms in total. The van der Waals surface area contributed by atoms with Crippen molar-refractivity contribution in [3.05, 3.63) is 56.6 Å². The number of methoxy groups -OCH3 is 1. The first-order chi connectivity index (χ1) is 15.0. The SMILES string of the molecule is CCCCn1c(N)c(N(CCOC)Cc2nc(-c3ccccc3C)no2)c(=O)[nH]c1=O. The van der Waals surface area contributed by atoms with Crippen LogP contribution in [0.2, 0.25) is 0 Å². The quantitative estimate of drug-likeness (QED) is 0.501. The average molecular weight is 428 g/mol. The Hall–Kier alpha value is -3.40. The van der Waals surface area contributed by atoms with Crippen molar-refractivity contribution in [2.24, 2.45) is 0 Å². The highest BCUT2D eigenvalue weighted by Crippen LogP contribution is 2.22. The maximum atomic E-state index is 12.7. The van der Waals surface area contributed by atoms with E-state index in [9.17, 15) is 9.59 Å². The van der Waals surface area contributed by atoms with E-state index in [0.717, 1.165) is 24.0 Å². The van der Waals surface area contributed by atoms with Crippen LogP contribution in [0.15, 0.2) is 38.4 Å². The van der Waals surface area contributed by atoms with Crippen LogP contribution in [0.5, 0.6) is 0 Å². The predicted molar refractivity (Wildman–Crippen MR) is 118 cm³/mol. The van der Waals surface area contributed by atoms with Crippen LogP contribution >= 0.6 is 0 Å². The lowest BCUT2D eigenvalue weighted by molar-refractivity contribution is 0.204. The Morgan fingerprint density at radius 1 is 1.29 bits per heavy atom. The number of benzene rings is 1. The summed E-state index contributed by atoms with van der Waals surface area (Å²) in [5.41, 5.74) is 7.25. The standard InChI is InChI=1S/C21H28N6O4/c1-4-5-10-27-18(22)17(20(28)24-21(27)29)26(11-12-30-3)13-16-23-19(25-31-16)15-9-7-6-8-14(15)2/h6-9H,4-5,10-13,22H2,1-3H3,(H,24,28,29). The molecule has 2 aromatic heterocycles. The van der Waals surface area contributed by atoms with Crippen molar-refractivity contribution in [1.82, 2.24) is 19.7 Å². The van der Waals surface area contributed by atoms with Crippen LogP contribution < -0.4 is 21.9 Å². The smallest absolute Gasteiger partial charge is 0.330 e. The normalized spacial score (nSPS) is 11.1. The van der Waals surface area contributed by atoms with Gasteiger partial charge in [0.1, 0.15) is 11.5 Å². The van der Waals surface area contributed by atoms with Crippen LogP contribution in [0.1, 0.15) is 31.2 Å². The monoisotopic (exact) mass is 428 g/mol. The van der Waals surface area contributed by atoms with E-state index in [0.29, 0.717) is 31.4 Å². The number of H-pyrrole nitrogens is 1. The van der Waals surface area contributed by atoms with Crippen LogP contribution in [0, 0.1) is 6.92 Å². The number of nitrogen functional groups attached to an aromatic ring is 1. The number of nitrogens with two attached hydrogens (primary N) is 1. The number of aryl methyl sites for hydroxylation is 1. The molecule has 0 bridgehead atoms. The van der Waals surface area contributed by atoms with Crippen LogP contribution in [0.3, 0.4) is 0 Å². The lowest BCUT2D eigenvalue weighted by atomic mass is 10.1. The van der Waals surface area contributed by atoms with Crippen molar-refractivity contribution in [2.45, 2.75) is 39.8 Å². The Kier molecular flexibility index (Phi) is 7.24. The van der Waals surface area contributed by atoms with Gasteiger partial charge in [-0.05, 0) is 18.9 Å². The molecule has 10 heteroatoms. The third-order valence-electron chi connectivity index (χ3n) is 5.01. The topological polar surface area (TPSA) is 132 Å². The molecule has 2 heterocycles. The van der Waals surface area contributed by atoms with Crippen LogP contribution in [0.25, 0.3) is 11.4 Å². The van der Waals surface area contributed by atoms with Crippen molar-refractivity contribution in [3.63, 3.8) is 0 Å². The van der Waals surface area contributed by atoms with Crippen molar-refractivity contribution >= 4 is 11.5 Å². The molecule has 0 aliphatic carbocycles. The highest BCUT2D eigenvalue weighted by atomic mass is 16.5. The van der Waals surface area contributed by atoms with Crippen molar-refractivity contribution in [2.75, 3.05) is 30.9 Å². The molecule has 31 heavy (non-hydrogen) atoms. The fraction of sp³-hybridized carbons (Fsp3) is 0.429. The maximum Gasteiger partial charge on any atom is 0.330 e. The Balaban J connectivity index is 1.96. The molecule has 0 atom stereocenters. The van der Waals surface area contributed by atoms with Gasteiger partial charge >= 0.3 is 5.69 Å². The minimum atomic E-state index is -0.565. The molecule has 3 N–H and O–H groups in total. The highest BCUT2D eigenvalue weighted by molar-refractivity contribution is 5.63. The van der Waals surface area contributed by atoms with Gasteiger partial charge in [0.15, 0.2) is 0 Å². The molecule has 0 unspecified atom stereocenters. The van der Waals surface area contributed by atoms with E-state index < -0.39 is 11.2 Å². The van der Waals surface area contributed by atoms with E-state index in [1.54, 1.807) is 12.0 Å². The van der Waals surface area contributed by atoms with E-state index in [1.165, 1.54) is 4.57 Å². The number of nitrogens with one attached hydrogen (secondary N) is 1. The number of hydrogen-bond acceptors (Lipinski definition) is 8. The van der Waals surface area contributed by atoms with Crippen molar-refractivity contribution < 1.29 is 9.26 Å². The van der Waals surface area contributed by atoms with Gasteiger partial charge in [-0.25, -0.2) is 4.79 Å². The number of aromatic nitrogens is 4. The molecule has 0 amide bonds. The summed E-state index contributed by atoms with van der Waals surface area (Å²) >= 11 is 0. The van der Waals surface area contributed by atoms with E-state index in [4.69, 9.17) is 15.0 Å². The average Bonchev–Trinajstić information content (AvgIpc) is 3.20. The minimum absolute atomic E-state index is 0.108. The molecular weight excluding hydrogens is 400 g/mol. The second-order valence-electron chi connectivity index (χ2n) is 7.24. The summed E-state index contributed by atoms with van der Waals surface area (Å²) < 4.78 is 12.0. The molecule has 166 valence electrons. The molecule has 0 radical (unpaired) electrons. The summed E-state index contributed by atoms with van der Waals surface area (Å²) in [4.78, 5) is 33.4. The van der Waals surface area contributed by atoms with Gasteiger partial charge in [-0.3, -0.25) is 14.3 Å². The third-order valence-corrected chi connectivity index (χ3v) is 5.01. The van der Waals surface area contributed by atoms with E-state index in [2.05, 4.69) is 15.1 Å². The summed E-state index contributed by atoms with van der Waals surface area (Å²) in [6.07, 6.45) is 1.65. The van der Waals surface area contributed by atoms with Gasteiger partial charge in [-0.1, -0.05) is 42.8 Å². The van der Waals surface area contributed by atoms with Gasteiger partial charge in [0, 0.05) is 25.8 Å². The van der Waals surface area contributed by atoms with Gasteiger partial charge in [-0.2, -0.15) is 4.98 Å². The Bertz CT molecular complexity index is 1130. The first kappa shape index (κ1) is 22.3. The predicted octanol–water partition coefficient (Wildman–Crippen LogP) is 1.93. The molecule has 0 spiro atoms. The number of rotatable bonds is 10. The number of anilines is 2. The number of aromatic amines is 1. The lowest BCUT2D eigenvalue weighted by Gasteiger charge is -2.24. The Morgan fingerprint density at radius 2 is 2.06 bits per heavy atom. The Labute approximate surface area is 179 Å². The number of ether oxygens (including phenoxy) is 1. The fourth-order valence-corrected chi connectivity index (χ4v) is 3.31. The Morgan fingerprint density at radius 3 is 2.77 bits per heavy atom. The second-order valence-corrected chi connectivity index (χ2v) is 7.24. The fourth-order valence-electron chi connectivity index (χ4n) is 3.31. The van der Waals surface area contributed by atoms with Gasteiger partial charge in [0.05, 0.1) is 13.2 Å². The second kappa shape index (κ2) is 10.1. The largest absolute Gasteiger partial charge is 0.383 e. The number of unbranched alkanes of at least 4 members (excludes halogenated alkanes) is 1. The minimum Gasteiger partial charge on any atom is -0.383 e. The molecular formula is C21H28N6O4. The summed E-state index contributed by atoms with van der Waals surface area (Å²) in [7, 11) is 1.57. The summed E-state index contributed by atoms with van der Waals surface area (Å²) in [6.45, 7) is 5.22. The molecule has 3 rings (SSSR count). The van der Waals surface area contributed by atoms with Crippen molar-refractivity contribution in [1.29, 1.82) is 0 Å². The van der Waals surface area contributed by atoms with Crippen LogP contribution in [0.4, 0.5) is 11.5 Å². The van der Waals surface area contributed by atoms with Gasteiger partial charge in [0.25, 0.3) is 5.56 Å². The van der Waals surface area contributed by atoms with E-state index >= 15 is 0 Å².